The lowest BCUT2D eigenvalue weighted by Gasteiger charge is -2.14. The van der Waals surface area contributed by atoms with Gasteiger partial charge in [0.25, 0.3) is 0 Å². The number of aromatic nitrogens is 4. The molecule has 0 aliphatic carbocycles. The Labute approximate surface area is 231 Å². The van der Waals surface area contributed by atoms with Crippen LogP contribution >= 0.6 is 0 Å². The van der Waals surface area contributed by atoms with Crippen LogP contribution in [0.1, 0.15) is 18.1 Å². The van der Waals surface area contributed by atoms with Gasteiger partial charge in [-0.2, -0.15) is 0 Å². The van der Waals surface area contributed by atoms with E-state index < -0.39 is 6.09 Å². The fourth-order valence-corrected chi connectivity index (χ4v) is 4.19. The SMILES string of the molecule is CCOC(=O)Nc1nc2cc(-c3ccccc3)cnc2n1Cc1ccc(OCc2ccc(OC)nc2)c(OC)c1. The van der Waals surface area contributed by atoms with Crippen molar-refractivity contribution in [3.05, 3.63) is 90.3 Å². The Kier molecular flexibility index (Phi) is 8.05. The van der Waals surface area contributed by atoms with Crippen LogP contribution in [0.25, 0.3) is 22.3 Å². The predicted octanol–water partition coefficient (Wildman–Crippen LogP) is 5.71. The first-order valence-corrected chi connectivity index (χ1v) is 12.7. The van der Waals surface area contributed by atoms with Crippen molar-refractivity contribution in [2.75, 3.05) is 26.1 Å². The summed E-state index contributed by atoms with van der Waals surface area (Å²) in [5.41, 5.74) is 5.02. The highest BCUT2D eigenvalue weighted by Gasteiger charge is 2.17. The van der Waals surface area contributed by atoms with Gasteiger partial charge in [0.1, 0.15) is 12.1 Å². The highest BCUT2D eigenvalue weighted by molar-refractivity contribution is 5.87. The summed E-state index contributed by atoms with van der Waals surface area (Å²) < 4.78 is 23.6. The summed E-state index contributed by atoms with van der Waals surface area (Å²) >= 11 is 0. The van der Waals surface area contributed by atoms with E-state index in [1.807, 2.05) is 65.2 Å². The molecule has 5 aromatic rings. The minimum absolute atomic E-state index is 0.244. The Morgan fingerprint density at radius 2 is 1.70 bits per heavy atom. The van der Waals surface area contributed by atoms with Crippen molar-refractivity contribution in [1.82, 2.24) is 19.5 Å². The Bertz CT molecular complexity index is 1600. The van der Waals surface area contributed by atoms with Crippen LogP contribution in [-0.2, 0) is 17.9 Å². The molecule has 0 radical (unpaired) electrons. The number of methoxy groups -OCH3 is 2. The molecular weight excluding hydrogens is 510 g/mol. The van der Waals surface area contributed by atoms with E-state index in [1.165, 1.54) is 0 Å². The Balaban J connectivity index is 1.42. The summed E-state index contributed by atoms with van der Waals surface area (Å²) in [5.74, 6) is 2.04. The molecule has 1 N–H and O–H groups in total. The number of fused-ring (bicyclic) bond motifs is 1. The Morgan fingerprint density at radius 3 is 2.42 bits per heavy atom. The minimum Gasteiger partial charge on any atom is -0.493 e. The topological polar surface area (TPSA) is 110 Å². The molecule has 0 atom stereocenters. The summed E-state index contributed by atoms with van der Waals surface area (Å²) in [6, 6.07) is 21.2. The Hall–Kier alpha value is -5.12. The molecule has 3 heterocycles. The van der Waals surface area contributed by atoms with E-state index in [0.717, 1.165) is 22.3 Å². The van der Waals surface area contributed by atoms with E-state index in [-0.39, 0.29) is 6.61 Å². The smallest absolute Gasteiger partial charge is 0.413 e. The number of hydrogen-bond acceptors (Lipinski definition) is 8. The molecule has 40 heavy (non-hydrogen) atoms. The highest BCUT2D eigenvalue weighted by atomic mass is 16.5. The fraction of sp³-hybridized carbons (Fsp3) is 0.200. The number of carbonyl (C=O) groups is 1. The van der Waals surface area contributed by atoms with Crippen LogP contribution < -0.4 is 19.5 Å². The summed E-state index contributed by atoms with van der Waals surface area (Å²) in [6.07, 6.45) is 2.92. The van der Waals surface area contributed by atoms with Crippen LogP contribution in [0, 0.1) is 0 Å². The van der Waals surface area contributed by atoms with E-state index in [2.05, 4.69) is 15.3 Å². The monoisotopic (exact) mass is 539 g/mol. The van der Waals surface area contributed by atoms with E-state index in [4.69, 9.17) is 23.9 Å². The third kappa shape index (κ3) is 5.96. The lowest BCUT2D eigenvalue weighted by Crippen LogP contribution is -2.17. The molecule has 0 aliphatic heterocycles. The number of carbonyl (C=O) groups excluding carboxylic acids is 1. The second kappa shape index (κ2) is 12.2. The minimum atomic E-state index is -0.586. The van der Waals surface area contributed by atoms with Gasteiger partial charge in [0.05, 0.1) is 27.4 Å². The van der Waals surface area contributed by atoms with Crippen molar-refractivity contribution >= 4 is 23.2 Å². The molecule has 0 bridgehead atoms. The summed E-state index contributed by atoms with van der Waals surface area (Å²) in [4.78, 5) is 25.9. The van der Waals surface area contributed by atoms with Crippen LogP contribution in [-0.4, -0.2) is 46.4 Å². The van der Waals surface area contributed by atoms with Crippen molar-refractivity contribution in [1.29, 1.82) is 0 Å². The van der Waals surface area contributed by atoms with Crippen LogP contribution in [0.5, 0.6) is 17.4 Å². The summed E-state index contributed by atoms with van der Waals surface area (Å²) in [5, 5.41) is 2.75. The van der Waals surface area contributed by atoms with E-state index >= 15 is 0 Å². The van der Waals surface area contributed by atoms with Crippen LogP contribution in [0.15, 0.2) is 79.1 Å². The second-order valence-corrected chi connectivity index (χ2v) is 8.78. The van der Waals surface area contributed by atoms with Gasteiger partial charge in [-0.25, -0.2) is 19.7 Å². The van der Waals surface area contributed by atoms with Crippen LogP contribution in [0.4, 0.5) is 10.7 Å². The quantitative estimate of drug-likeness (QED) is 0.241. The maximum absolute atomic E-state index is 12.3. The van der Waals surface area contributed by atoms with Gasteiger partial charge in [-0.05, 0) is 42.3 Å². The molecule has 204 valence electrons. The molecule has 0 fully saturated rings. The van der Waals surface area contributed by atoms with Crippen molar-refractivity contribution in [3.8, 4) is 28.5 Å². The molecule has 2 aromatic carbocycles. The molecule has 5 rings (SSSR count). The molecular formula is C30H29N5O5. The zero-order valence-corrected chi connectivity index (χ0v) is 22.5. The number of benzene rings is 2. The van der Waals surface area contributed by atoms with Crippen LogP contribution in [0.2, 0.25) is 0 Å². The van der Waals surface area contributed by atoms with Crippen molar-refractivity contribution in [2.45, 2.75) is 20.1 Å². The molecule has 10 nitrogen and oxygen atoms in total. The summed E-state index contributed by atoms with van der Waals surface area (Å²) in [6.45, 7) is 2.68. The number of nitrogens with zero attached hydrogens (tertiary/aromatic N) is 4. The number of anilines is 1. The van der Waals surface area contributed by atoms with Gasteiger partial charge in [-0.3, -0.25) is 9.88 Å². The second-order valence-electron chi connectivity index (χ2n) is 8.78. The molecule has 0 aliphatic rings. The van der Waals surface area contributed by atoms with Crippen molar-refractivity contribution in [2.24, 2.45) is 0 Å². The Morgan fingerprint density at radius 1 is 0.875 bits per heavy atom. The maximum atomic E-state index is 12.3. The molecule has 0 spiro atoms. The summed E-state index contributed by atoms with van der Waals surface area (Å²) in [7, 11) is 3.17. The maximum Gasteiger partial charge on any atom is 0.413 e. The van der Waals surface area contributed by atoms with Gasteiger partial charge in [-0.15, -0.1) is 0 Å². The van der Waals surface area contributed by atoms with E-state index in [1.54, 1.807) is 39.6 Å². The van der Waals surface area contributed by atoms with Gasteiger partial charge in [-0.1, -0.05) is 36.4 Å². The zero-order valence-electron chi connectivity index (χ0n) is 22.5. The number of hydrogen-bond donors (Lipinski definition) is 1. The number of nitrogens with one attached hydrogen (secondary N) is 1. The average Bonchev–Trinajstić information content (AvgIpc) is 3.32. The number of amides is 1. The van der Waals surface area contributed by atoms with E-state index in [9.17, 15) is 4.79 Å². The van der Waals surface area contributed by atoms with Crippen molar-refractivity contribution in [3.63, 3.8) is 0 Å². The fourth-order valence-electron chi connectivity index (χ4n) is 4.19. The highest BCUT2D eigenvalue weighted by Crippen LogP contribution is 2.31. The first-order chi connectivity index (χ1) is 19.6. The molecule has 0 saturated heterocycles. The lowest BCUT2D eigenvalue weighted by atomic mass is 10.1. The lowest BCUT2D eigenvalue weighted by molar-refractivity contribution is 0.167. The molecule has 10 heteroatoms. The third-order valence-corrected chi connectivity index (χ3v) is 6.15. The standard InChI is InChI=1S/C30H29N5O5/c1-4-39-30(36)34-29-33-24-15-23(22-8-6-5-7-9-22)17-32-28(24)35(29)18-20-10-12-25(26(14-20)37-2)40-19-21-11-13-27(38-3)31-16-21/h5-17H,4,18-19H2,1-3H3,(H,33,34,36). The predicted molar refractivity (Wildman–Crippen MR) is 151 cm³/mol. The van der Waals surface area contributed by atoms with Crippen LogP contribution in [0.3, 0.4) is 0 Å². The molecule has 1 amide bonds. The van der Waals surface area contributed by atoms with Gasteiger partial charge in [0, 0.05) is 29.6 Å². The molecule has 0 saturated carbocycles. The van der Waals surface area contributed by atoms with Gasteiger partial charge in [0.2, 0.25) is 11.8 Å². The van der Waals surface area contributed by atoms with Gasteiger partial charge in [0.15, 0.2) is 17.1 Å². The number of rotatable bonds is 10. The average molecular weight is 540 g/mol. The number of pyridine rings is 2. The van der Waals surface area contributed by atoms with Gasteiger partial charge < -0.3 is 18.9 Å². The zero-order chi connectivity index (χ0) is 27.9. The molecule has 0 unspecified atom stereocenters. The van der Waals surface area contributed by atoms with Crippen molar-refractivity contribution < 1.29 is 23.7 Å². The number of ether oxygens (including phenoxy) is 4. The first kappa shape index (κ1) is 26.5. The first-order valence-electron chi connectivity index (χ1n) is 12.7. The van der Waals surface area contributed by atoms with Gasteiger partial charge >= 0.3 is 6.09 Å². The largest absolute Gasteiger partial charge is 0.493 e. The number of imidazole rings is 1. The molecule has 3 aromatic heterocycles. The third-order valence-electron chi connectivity index (χ3n) is 6.15. The normalized spacial score (nSPS) is 10.8. The van der Waals surface area contributed by atoms with E-state index in [0.29, 0.717) is 47.6 Å².